The summed E-state index contributed by atoms with van der Waals surface area (Å²) in [7, 11) is 3.63. The quantitative estimate of drug-likeness (QED) is 0.780. The Kier molecular flexibility index (Phi) is 7.02. The summed E-state index contributed by atoms with van der Waals surface area (Å²) in [6.45, 7) is 5.93. The molecular formula is C21H28N2O2. The zero-order valence-electron chi connectivity index (χ0n) is 15.6. The number of hydrogen-bond donors (Lipinski definition) is 1. The van der Waals surface area contributed by atoms with Gasteiger partial charge in [0.05, 0.1) is 12.8 Å². The Morgan fingerprint density at radius 1 is 1.12 bits per heavy atom. The number of para-hydroxylation sites is 2. The molecule has 0 aliphatic rings. The lowest BCUT2D eigenvalue weighted by Gasteiger charge is -2.17. The van der Waals surface area contributed by atoms with Gasteiger partial charge in [-0.25, -0.2) is 0 Å². The number of methoxy groups -OCH3 is 1. The summed E-state index contributed by atoms with van der Waals surface area (Å²) in [5.74, 6) is 1.21. The Morgan fingerprint density at radius 3 is 2.44 bits per heavy atom. The van der Waals surface area contributed by atoms with Crippen molar-refractivity contribution in [1.29, 1.82) is 0 Å². The number of hydrogen-bond acceptors (Lipinski definition) is 3. The maximum atomic E-state index is 12.2. The molecule has 0 saturated heterocycles. The van der Waals surface area contributed by atoms with Crippen LogP contribution in [0.1, 0.15) is 37.3 Å². The van der Waals surface area contributed by atoms with Crippen molar-refractivity contribution in [2.45, 2.75) is 32.7 Å². The molecule has 1 N–H and O–H groups in total. The fraction of sp³-hybridized carbons (Fsp3) is 0.381. The van der Waals surface area contributed by atoms with Crippen LogP contribution in [0.3, 0.4) is 0 Å². The highest BCUT2D eigenvalue weighted by atomic mass is 16.5. The van der Waals surface area contributed by atoms with Crippen molar-refractivity contribution in [3.05, 3.63) is 59.7 Å². The summed E-state index contributed by atoms with van der Waals surface area (Å²) in [4.78, 5) is 14.3. The van der Waals surface area contributed by atoms with Crippen LogP contribution >= 0.6 is 0 Å². The van der Waals surface area contributed by atoms with Crippen molar-refractivity contribution in [2.24, 2.45) is 0 Å². The van der Waals surface area contributed by atoms with Crippen LogP contribution in [-0.4, -0.2) is 31.5 Å². The fourth-order valence-electron chi connectivity index (χ4n) is 2.65. The lowest BCUT2D eigenvalue weighted by molar-refractivity contribution is -0.116. The van der Waals surface area contributed by atoms with Gasteiger partial charge in [-0.1, -0.05) is 50.2 Å². The van der Waals surface area contributed by atoms with Gasteiger partial charge in [-0.3, -0.25) is 4.79 Å². The number of ether oxygens (including phenoxy) is 1. The molecule has 0 saturated carbocycles. The summed E-state index contributed by atoms with van der Waals surface area (Å²) in [5, 5.41) is 2.91. The molecule has 0 aliphatic carbocycles. The van der Waals surface area contributed by atoms with Crippen LogP contribution in [0.2, 0.25) is 0 Å². The van der Waals surface area contributed by atoms with Crippen LogP contribution in [0.4, 0.5) is 5.69 Å². The average molecular weight is 340 g/mol. The molecule has 0 atom stereocenters. The third-order valence-electron chi connectivity index (χ3n) is 4.20. The van der Waals surface area contributed by atoms with E-state index in [1.165, 1.54) is 11.1 Å². The first kappa shape index (κ1) is 19.0. The summed E-state index contributed by atoms with van der Waals surface area (Å²) < 4.78 is 5.25. The number of carbonyl (C=O) groups excluding carboxylic acids is 1. The van der Waals surface area contributed by atoms with E-state index < -0.39 is 0 Å². The topological polar surface area (TPSA) is 41.6 Å². The Balaban J connectivity index is 1.81. The molecule has 0 unspecified atom stereocenters. The number of rotatable bonds is 8. The van der Waals surface area contributed by atoms with Crippen molar-refractivity contribution in [3.63, 3.8) is 0 Å². The lowest BCUT2D eigenvalue weighted by Crippen LogP contribution is -2.24. The third-order valence-corrected chi connectivity index (χ3v) is 4.20. The number of nitrogens with one attached hydrogen (secondary N) is 1. The Hall–Kier alpha value is -2.33. The molecule has 0 aromatic heterocycles. The average Bonchev–Trinajstić information content (AvgIpc) is 2.61. The summed E-state index contributed by atoms with van der Waals surface area (Å²) >= 11 is 0. The minimum Gasteiger partial charge on any atom is -0.495 e. The highest BCUT2D eigenvalue weighted by molar-refractivity contribution is 5.92. The van der Waals surface area contributed by atoms with Crippen molar-refractivity contribution in [2.75, 3.05) is 26.0 Å². The Bertz CT molecular complexity index is 681. The van der Waals surface area contributed by atoms with E-state index in [9.17, 15) is 4.79 Å². The van der Waals surface area contributed by atoms with E-state index in [-0.39, 0.29) is 5.91 Å². The maximum absolute atomic E-state index is 12.2. The third kappa shape index (κ3) is 5.91. The number of anilines is 1. The van der Waals surface area contributed by atoms with Gasteiger partial charge in [0, 0.05) is 19.5 Å². The van der Waals surface area contributed by atoms with Crippen LogP contribution in [0.25, 0.3) is 0 Å². The summed E-state index contributed by atoms with van der Waals surface area (Å²) in [5.41, 5.74) is 3.32. The highest BCUT2D eigenvalue weighted by Gasteiger charge is 2.09. The SMILES string of the molecule is COc1ccccc1NC(=O)CCN(C)Cc1ccc(C(C)C)cc1. The molecule has 0 heterocycles. The normalized spacial score (nSPS) is 11.0. The first-order chi connectivity index (χ1) is 12.0. The van der Waals surface area contributed by atoms with E-state index in [4.69, 9.17) is 4.74 Å². The first-order valence-corrected chi connectivity index (χ1v) is 8.70. The fourth-order valence-corrected chi connectivity index (χ4v) is 2.65. The largest absolute Gasteiger partial charge is 0.495 e. The maximum Gasteiger partial charge on any atom is 0.225 e. The molecule has 0 aliphatic heterocycles. The van der Waals surface area contributed by atoms with Gasteiger partial charge in [0.25, 0.3) is 0 Å². The monoisotopic (exact) mass is 340 g/mol. The van der Waals surface area contributed by atoms with Crippen LogP contribution in [0, 0.1) is 0 Å². The van der Waals surface area contributed by atoms with Crippen molar-refractivity contribution in [3.8, 4) is 5.75 Å². The van der Waals surface area contributed by atoms with E-state index >= 15 is 0 Å². The molecule has 2 aromatic carbocycles. The Morgan fingerprint density at radius 2 is 1.80 bits per heavy atom. The number of amides is 1. The van der Waals surface area contributed by atoms with Gasteiger partial charge >= 0.3 is 0 Å². The van der Waals surface area contributed by atoms with Gasteiger partial charge in [-0.05, 0) is 36.2 Å². The predicted octanol–water partition coefficient (Wildman–Crippen LogP) is 4.28. The van der Waals surface area contributed by atoms with E-state index in [2.05, 4.69) is 48.3 Å². The van der Waals surface area contributed by atoms with Gasteiger partial charge in [0.15, 0.2) is 0 Å². The van der Waals surface area contributed by atoms with E-state index in [1.54, 1.807) is 7.11 Å². The second-order valence-corrected chi connectivity index (χ2v) is 6.63. The lowest BCUT2D eigenvalue weighted by atomic mass is 10.0. The minimum atomic E-state index is -0.00787. The van der Waals surface area contributed by atoms with Crippen LogP contribution in [-0.2, 0) is 11.3 Å². The molecular weight excluding hydrogens is 312 g/mol. The zero-order chi connectivity index (χ0) is 18.2. The molecule has 25 heavy (non-hydrogen) atoms. The number of benzene rings is 2. The van der Waals surface area contributed by atoms with Crippen molar-refractivity contribution in [1.82, 2.24) is 4.90 Å². The van der Waals surface area contributed by atoms with Gasteiger partial charge in [0.1, 0.15) is 5.75 Å². The van der Waals surface area contributed by atoms with E-state index in [0.717, 1.165) is 6.54 Å². The van der Waals surface area contributed by atoms with Gasteiger partial charge < -0.3 is 15.0 Å². The second kappa shape index (κ2) is 9.23. The molecule has 0 fully saturated rings. The first-order valence-electron chi connectivity index (χ1n) is 8.70. The predicted molar refractivity (Wildman–Crippen MR) is 103 cm³/mol. The van der Waals surface area contributed by atoms with Gasteiger partial charge in [-0.2, -0.15) is 0 Å². The van der Waals surface area contributed by atoms with Gasteiger partial charge in [-0.15, -0.1) is 0 Å². The molecule has 2 rings (SSSR count). The minimum absolute atomic E-state index is 0.00787. The van der Waals surface area contributed by atoms with Crippen molar-refractivity contribution >= 4 is 11.6 Å². The molecule has 0 spiro atoms. The summed E-state index contributed by atoms with van der Waals surface area (Å²) in [6.07, 6.45) is 0.443. The number of nitrogens with zero attached hydrogens (tertiary/aromatic N) is 1. The molecule has 4 nitrogen and oxygen atoms in total. The van der Waals surface area contributed by atoms with Crippen molar-refractivity contribution < 1.29 is 9.53 Å². The van der Waals surface area contributed by atoms with Gasteiger partial charge in [0.2, 0.25) is 5.91 Å². The standard InChI is InChI=1S/C21H28N2O2/c1-16(2)18-11-9-17(10-12-18)15-23(3)14-13-21(24)22-19-7-5-6-8-20(19)25-4/h5-12,16H,13-15H2,1-4H3,(H,22,24). The van der Waals surface area contributed by atoms with E-state index in [0.29, 0.717) is 30.3 Å². The zero-order valence-corrected chi connectivity index (χ0v) is 15.6. The Labute approximate surface area is 150 Å². The van der Waals surface area contributed by atoms with Crippen LogP contribution in [0.15, 0.2) is 48.5 Å². The second-order valence-electron chi connectivity index (χ2n) is 6.63. The van der Waals surface area contributed by atoms with Crippen LogP contribution in [0.5, 0.6) is 5.75 Å². The molecule has 4 heteroatoms. The smallest absolute Gasteiger partial charge is 0.225 e. The molecule has 1 amide bonds. The highest BCUT2D eigenvalue weighted by Crippen LogP contribution is 2.23. The van der Waals surface area contributed by atoms with E-state index in [1.807, 2.05) is 31.3 Å². The summed E-state index contributed by atoms with van der Waals surface area (Å²) in [6, 6.07) is 16.1. The molecule has 2 aromatic rings. The van der Waals surface area contributed by atoms with Crippen LogP contribution < -0.4 is 10.1 Å². The molecule has 134 valence electrons. The number of carbonyl (C=O) groups is 1. The molecule has 0 bridgehead atoms. The molecule has 0 radical (unpaired) electrons.